The molecule has 1 saturated heterocycles. The van der Waals surface area contributed by atoms with Gasteiger partial charge in [-0.2, -0.15) is 0 Å². The number of morpholine rings is 1. The van der Waals surface area contributed by atoms with Crippen LogP contribution in [0.25, 0.3) is 0 Å². The first-order chi connectivity index (χ1) is 11.3. The first-order valence-corrected chi connectivity index (χ1v) is 8.46. The highest BCUT2D eigenvalue weighted by molar-refractivity contribution is 5.74. The van der Waals surface area contributed by atoms with Crippen molar-refractivity contribution < 1.29 is 14.3 Å². The molecule has 2 aliphatic rings. The molecule has 1 N–H and O–H groups in total. The zero-order valence-corrected chi connectivity index (χ0v) is 13.7. The normalized spacial score (nSPS) is 22.7. The number of rotatable bonds is 6. The fourth-order valence-electron chi connectivity index (χ4n) is 3.13. The molecule has 2 fully saturated rings. The highest BCUT2D eigenvalue weighted by Crippen LogP contribution is 2.32. The third-order valence-electron chi connectivity index (χ3n) is 4.58. The highest BCUT2D eigenvalue weighted by atomic mass is 16.5. The summed E-state index contributed by atoms with van der Waals surface area (Å²) in [5.41, 5.74) is 1.25. The minimum absolute atomic E-state index is 0.0142. The number of carbonyl (C=O) groups is 1. The van der Waals surface area contributed by atoms with Gasteiger partial charge in [-0.05, 0) is 24.3 Å². The number of hydrogen-bond acceptors (Lipinski definition) is 3. The summed E-state index contributed by atoms with van der Waals surface area (Å²) in [5, 5.41) is 3.14. The molecule has 1 aromatic carbocycles. The monoisotopic (exact) mass is 318 g/mol. The lowest BCUT2D eigenvalue weighted by Gasteiger charge is -2.34. The summed E-state index contributed by atoms with van der Waals surface area (Å²) in [6.45, 7) is 2.49. The van der Waals surface area contributed by atoms with Crippen molar-refractivity contribution in [2.45, 2.75) is 31.4 Å². The first kappa shape index (κ1) is 16.3. The largest absolute Gasteiger partial charge is 0.383 e. The van der Waals surface area contributed by atoms with Crippen LogP contribution in [-0.4, -0.2) is 56.5 Å². The molecule has 2 unspecified atom stereocenters. The van der Waals surface area contributed by atoms with E-state index >= 15 is 0 Å². The lowest BCUT2D eigenvalue weighted by Crippen LogP contribution is -2.53. The van der Waals surface area contributed by atoms with Crippen molar-refractivity contribution in [3.63, 3.8) is 0 Å². The number of urea groups is 1. The smallest absolute Gasteiger partial charge is 0.317 e. The zero-order valence-electron chi connectivity index (χ0n) is 13.7. The number of benzene rings is 1. The van der Waals surface area contributed by atoms with Crippen molar-refractivity contribution in [3.8, 4) is 0 Å². The van der Waals surface area contributed by atoms with Crippen molar-refractivity contribution in [2.75, 3.05) is 33.4 Å². The Balaban J connectivity index is 1.52. The van der Waals surface area contributed by atoms with Gasteiger partial charge in [0, 0.05) is 26.6 Å². The van der Waals surface area contributed by atoms with Crippen LogP contribution in [0.2, 0.25) is 0 Å². The van der Waals surface area contributed by atoms with Gasteiger partial charge in [0.1, 0.15) is 0 Å². The van der Waals surface area contributed by atoms with Gasteiger partial charge in [0.05, 0.1) is 25.4 Å². The summed E-state index contributed by atoms with van der Waals surface area (Å²) in [7, 11) is 1.69. The molecule has 0 aromatic heterocycles. The molecule has 0 bridgehead atoms. The lowest BCUT2D eigenvalue weighted by atomic mass is 10.1. The maximum atomic E-state index is 12.5. The first-order valence-electron chi connectivity index (χ1n) is 8.46. The van der Waals surface area contributed by atoms with E-state index in [2.05, 4.69) is 17.4 Å². The maximum absolute atomic E-state index is 12.5. The molecule has 1 heterocycles. The topological polar surface area (TPSA) is 50.8 Å². The van der Waals surface area contributed by atoms with Crippen LogP contribution < -0.4 is 5.32 Å². The van der Waals surface area contributed by atoms with E-state index in [0.29, 0.717) is 32.2 Å². The molecule has 1 saturated carbocycles. The number of methoxy groups -OCH3 is 1. The molecule has 2 atom stereocenters. The quantitative estimate of drug-likeness (QED) is 0.873. The Morgan fingerprint density at radius 3 is 2.87 bits per heavy atom. The van der Waals surface area contributed by atoms with Crippen molar-refractivity contribution in [3.05, 3.63) is 35.9 Å². The van der Waals surface area contributed by atoms with Gasteiger partial charge in [-0.25, -0.2) is 4.79 Å². The SMILES string of the molecule is COCC(NC(=O)N1CCOC(Cc2ccccc2)C1)C1CC1. The maximum Gasteiger partial charge on any atom is 0.317 e. The van der Waals surface area contributed by atoms with Gasteiger partial charge < -0.3 is 19.7 Å². The Labute approximate surface area is 137 Å². The van der Waals surface area contributed by atoms with E-state index in [0.717, 1.165) is 6.42 Å². The molecule has 3 rings (SSSR count). The van der Waals surface area contributed by atoms with E-state index in [1.165, 1.54) is 18.4 Å². The summed E-state index contributed by atoms with van der Waals surface area (Å²) >= 11 is 0. The van der Waals surface area contributed by atoms with Crippen molar-refractivity contribution in [1.29, 1.82) is 0 Å². The Morgan fingerprint density at radius 1 is 1.39 bits per heavy atom. The Kier molecular flexibility index (Phi) is 5.51. The minimum Gasteiger partial charge on any atom is -0.383 e. The van der Waals surface area contributed by atoms with Crippen molar-refractivity contribution >= 4 is 6.03 Å². The highest BCUT2D eigenvalue weighted by Gasteiger charge is 2.34. The van der Waals surface area contributed by atoms with E-state index in [-0.39, 0.29) is 18.2 Å². The molecule has 1 aliphatic carbocycles. The van der Waals surface area contributed by atoms with Crippen LogP contribution >= 0.6 is 0 Å². The van der Waals surface area contributed by atoms with E-state index in [1.54, 1.807) is 7.11 Å². The van der Waals surface area contributed by atoms with Gasteiger partial charge in [0.25, 0.3) is 0 Å². The predicted octanol–water partition coefficient (Wildman–Crippen LogP) is 2.06. The Morgan fingerprint density at radius 2 is 2.17 bits per heavy atom. The van der Waals surface area contributed by atoms with Crippen LogP contribution in [0.1, 0.15) is 18.4 Å². The van der Waals surface area contributed by atoms with E-state index < -0.39 is 0 Å². The summed E-state index contributed by atoms with van der Waals surface area (Å²) in [6, 6.07) is 10.4. The van der Waals surface area contributed by atoms with Crippen molar-refractivity contribution in [2.24, 2.45) is 5.92 Å². The second-order valence-electron chi connectivity index (χ2n) is 6.48. The van der Waals surface area contributed by atoms with Gasteiger partial charge >= 0.3 is 6.03 Å². The molecule has 0 radical (unpaired) electrons. The van der Waals surface area contributed by atoms with E-state index in [4.69, 9.17) is 9.47 Å². The Hall–Kier alpha value is -1.59. The second kappa shape index (κ2) is 7.79. The standard InChI is InChI=1S/C18H26N2O3/c1-22-13-17(15-7-8-15)19-18(21)20-9-10-23-16(12-20)11-14-5-3-2-4-6-14/h2-6,15-17H,7-13H2,1H3,(H,19,21). The second-order valence-corrected chi connectivity index (χ2v) is 6.48. The number of carbonyl (C=O) groups excluding carboxylic acids is 1. The average molecular weight is 318 g/mol. The minimum atomic E-state index is 0.0142. The van der Waals surface area contributed by atoms with Crippen LogP contribution in [0.15, 0.2) is 30.3 Å². The van der Waals surface area contributed by atoms with Crippen LogP contribution in [0.3, 0.4) is 0 Å². The van der Waals surface area contributed by atoms with Crippen LogP contribution in [-0.2, 0) is 15.9 Å². The third kappa shape index (κ3) is 4.69. The van der Waals surface area contributed by atoms with Gasteiger partial charge in [-0.1, -0.05) is 30.3 Å². The summed E-state index contributed by atoms with van der Waals surface area (Å²) < 4.78 is 11.1. The zero-order chi connectivity index (χ0) is 16.1. The predicted molar refractivity (Wildman–Crippen MR) is 88.4 cm³/mol. The van der Waals surface area contributed by atoms with Gasteiger partial charge in [0.2, 0.25) is 0 Å². The molecule has 126 valence electrons. The molecule has 5 nitrogen and oxygen atoms in total. The molecule has 23 heavy (non-hydrogen) atoms. The fourth-order valence-corrected chi connectivity index (χ4v) is 3.13. The fraction of sp³-hybridized carbons (Fsp3) is 0.611. The van der Waals surface area contributed by atoms with Gasteiger partial charge in [0.15, 0.2) is 0 Å². The van der Waals surface area contributed by atoms with Crippen molar-refractivity contribution in [1.82, 2.24) is 10.2 Å². The van der Waals surface area contributed by atoms with Gasteiger partial charge in [-0.3, -0.25) is 0 Å². The number of hydrogen-bond donors (Lipinski definition) is 1. The molecule has 5 heteroatoms. The number of ether oxygens (including phenoxy) is 2. The number of amides is 2. The average Bonchev–Trinajstić information content (AvgIpc) is 3.40. The molecular weight excluding hydrogens is 292 g/mol. The molecule has 0 spiro atoms. The number of nitrogens with zero attached hydrogens (tertiary/aromatic N) is 1. The van der Waals surface area contributed by atoms with Crippen LogP contribution in [0.4, 0.5) is 4.79 Å². The van der Waals surface area contributed by atoms with E-state index in [1.807, 2.05) is 23.1 Å². The molecular formula is C18H26N2O3. The van der Waals surface area contributed by atoms with Crippen LogP contribution in [0.5, 0.6) is 0 Å². The summed E-state index contributed by atoms with van der Waals surface area (Å²) in [6.07, 6.45) is 3.29. The van der Waals surface area contributed by atoms with Gasteiger partial charge in [-0.15, -0.1) is 0 Å². The van der Waals surface area contributed by atoms with Crippen LogP contribution in [0, 0.1) is 5.92 Å². The molecule has 2 amide bonds. The summed E-state index contributed by atoms with van der Waals surface area (Å²) in [4.78, 5) is 14.4. The summed E-state index contributed by atoms with van der Waals surface area (Å²) in [5.74, 6) is 0.583. The van der Waals surface area contributed by atoms with E-state index in [9.17, 15) is 4.79 Å². The lowest BCUT2D eigenvalue weighted by molar-refractivity contribution is -0.0141. The number of nitrogens with one attached hydrogen (secondary N) is 1. The molecule has 1 aliphatic heterocycles. The Bertz CT molecular complexity index is 504. The third-order valence-corrected chi connectivity index (χ3v) is 4.58. The molecule has 1 aromatic rings.